The van der Waals surface area contributed by atoms with Crippen molar-refractivity contribution in [3.05, 3.63) is 11.6 Å². The van der Waals surface area contributed by atoms with E-state index in [9.17, 15) is 0 Å². The van der Waals surface area contributed by atoms with E-state index in [0.717, 1.165) is 24.5 Å². The summed E-state index contributed by atoms with van der Waals surface area (Å²) in [6, 6.07) is 0. The molecular formula is C9H16N4. The number of nitrogens with one attached hydrogen (secondary N) is 1. The van der Waals surface area contributed by atoms with Crippen LogP contribution in [0.1, 0.15) is 50.7 Å². The van der Waals surface area contributed by atoms with Gasteiger partial charge in [-0.1, -0.05) is 13.8 Å². The molecule has 72 valence electrons. The van der Waals surface area contributed by atoms with Gasteiger partial charge in [-0.2, -0.15) is 5.10 Å². The smallest absolute Gasteiger partial charge is 0.170 e. The van der Waals surface area contributed by atoms with Gasteiger partial charge in [-0.3, -0.25) is 5.10 Å². The predicted molar refractivity (Wildman–Crippen MR) is 50.2 cm³/mol. The summed E-state index contributed by atoms with van der Waals surface area (Å²) in [7, 11) is 0. The van der Waals surface area contributed by atoms with Crippen molar-refractivity contribution in [1.29, 1.82) is 0 Å². The van der Waals surface area contributed by atoms with Gasteiger partial charge in [0.05, 0.1) is 5.54 Å². The van der Waals surface area contributed by atoms with Crippen LogP contribution in [0, 0.1) is 0 Å². The maximum Gasteiger partial charge on any atom is 0.170 e. The third-order valence-electron chi connectivity index (χ3n) is 2.74. The summed E-state index contributed by atoms with van der Waals surface area (Å²) in [5, 5.41) is 7.11. The maximum absolute atomic E-state index is 6.09. The first-order valence-electron chi connectivity index (χ1n) is 4.83. The number of hydrogen-bond acceptors (Lipinski definition) is 3. The molecule has 1 aromatic heterocycles. The van der Waals surface area contributed by atoms with Gasteiger partial charge in [-0.15, -0.1) is 0 Å². The van der Waals surface area contributed by atoms with Crippen LogP contribution in [-0.4, -0.2) is 15.2 Å². The molecule has 0 saturated heterocycles. The Kier molecular flexibility index (Phi) is 1.87. The Hall–Kier alpha value is -0.900. The zero-order valence-corrected chi connectivity index (χ0v) is 8.17. The second kappa shape index (κ2) is 2.80. The van der Waals surface area contributed by atoms with Crippen LogP contribution in [-0.2, 0) is 5.54 Å². The van der Waals surface area contributed by atoms with Gasteiger partial charge in [0.25, 0.3) is 0 Å². The molecule has 0 spiro atoms. The Bertz CT molecular complexity index is 298. The van der Waals surface area contributed by atoms with Crippen molar-refractivity contribution in [3.8, 4) is 0 Å². The molecule has 1 fully saturated rings. The fourth-order valence-electron chi connectivity index (χ4n) is 1.54. The summed E-state index contributed by atoms with van der Waals surface area (Å²) >= 11 is 0. The first-order valence-corrected chi connectivity index (χ1v) is 4.83. The molecule has 1 aliphatic carbocycles. The van der Waals surface area contributed by atoms with E-state index in [2.05, 4.69) is 29.0 Å². The normalized spacial score (nSPS) is 20.3. The van der Waals surface area contributed by atoms with Crippen molar-refractivity contribution in [2.24, 2.45) is 5.73 Å². The van der Waals surface area contributed by atoms with E-state index in [1.807, 2.05) is 0 Å². The van der Waals surface area contributed by atoms with Gasteiger partial charge >= 0.3 is 0 Å². The molecule has 0 aliphatic heterocycles. The molecule has 1 heterocycles. The predicted octanol–water partition coefficient (Wildman–Crippen LogP) is 1.27. The third kappa shape index (κ3) is 1.35. The maximum atomic E-state index is 6.09. The monoisotopic (exact) mass is 180 g/mol. The second-order valence-corrected chi connectivity index (χ2v) is 4.21. The van der Waals surface area contributed by atoms with Gasteiger partial charge in [0.2, 0.25) is 0 Å². The standard InChI is InChI=1S/C9H16N4/c1-6(2)7-11-8(13-12-7)9(10)4-3-5-9/h6H,3-5,10H2,1-2H3,(H,11,12,13). The molecule has 0 aromatic carbocycles. The molecule has 4 heteroatoms. The fraction of sp³-hybridized carbons (Fsp3) is 0.778. The minimum atomic E-state index is -0.232. The van der Waals surface area contributed by atoms with Crippen molar-refractivity contribution in [2.45, 2.75) is 44.6 Å². The lowest BCUT2D eigenvalue weighted by atomic mass is 9.77. The summed E-state index contributed by atoms with van der Waals surface area (Å²) in [4.78, 5) is 4.41. The first kappa shape index (κ1) is 8.69. The average Bonchev–Trinajstić information content (AvgIpc) is 2.48. The second-order valence-electron chi connectivity index (χ2n) is 4.21. The summed E-state index contributed by atoms with van der Waals surface area (Å²) in [6.45, 7) is 4.18. The summed E-state index contributed by atoms with van der Waals surface area (Å²) in [5.41, 5.74) is 5.86. The van der Waals surface area contributed by atoms with E-state index in [4.69, 9.17) is 5.73 Å². The minimum Gasteiger partial charge on any atom is -0.319 e. The van der Waals surface area contributed by atoms with Crippen LogP contribution in [0.3, 0.4) is 0 Å². The van der Waals surface area contributed by atoms with E-state index in [1.165, 1.54) is 6.42 Å². The summed E-state index contributed by atoms with van der Waals surface area (Å²) in [6.07, 6.45) is 3.23. The molecule has 0 atom stereocenters. The van der Waals surface area contributed by atoms with Crippen LogP contribution >= 0.6 is 0 Å². The van der Waals surface area contributed by atoms with Crippen molar-refractivity contribution in [1.82, 2.24) is 15.2 Å². The lowest BCUT2D eigenvalue weighted by Gasteiger charge is -2.34. The van der Waals surface area contributed by atoms with E-state index in [-0.39, 0.29) is 5.54 Å². The Morgan fingerprint density at radius 2 is 2.15 bits per heavy atom. The van der Waals surface area contributed by atoms with Crippen LogP contribution in [0.4, 0.5) is 0 Å². The zero-order chi connectivity index (χ0) is 9.47. The van der Waals surface area contributed by atoms with Gasteiger partial charge in [-0.25, -0.2) is 4.98 Å². The molecule has 3 N–H and O–H groups in total. The van der Waals surface area contributed by atoms with Gasteiger partial charge in [0, 0.05) is 5.92 Å². The van der Waals surface area contributed by atoms with Gasteiger partial charge in [0.1, 0.15) is 5.82 Å². The fourth-order valence-corrected chi connectivity index (χ4v) is 1.54. The topological polar surface area (TPSA) is 67.6 Å². The number of nitrogens with two attached hydrogens (primary N) is 1. The molecule has 4 nitrogen and oxygen atoms in total. The van der Waals surface area contributed by atoms with Crippen LogP contribution in [0.25, 0.3) is 0 Å². The van der Waals surface area contributed by atoms with Crippen LogP contribution in [0.2, 0.25) is 0 Å². The van der Waals surface area contributed by atoms with Crippen LogP contribution < -0.4 is 5.73 Å². The summed E-state index contributed by atoms with van der Waals surface area (Å²) < 4.78 is 0. The summed E-state index contributed by atoms with van der Waals surface area (Å²) in [5.74, 6) is 2.12. The zero-order valence-electron chi connectivity index (χ0n) is 8.17. The molecule has 0 amide bonds. The lowest BCUT2D eigenvalue weighted by molar-refractivity contribution is 0.239. The van der Waals surface area contributed by atoms with Crippen molar-refractivity contribution >= 4 is 0 Å². The van der Waals surface area contributed by atoms with Crippen LogP contribution in [0.15, 0.2) is 0 Å². The average molecular weight is 180 g/mol. The van der Waals surface area contributed by atoms with E-state index < -0.39 is 0 Å². The third-order valence-corrected chi connectivity index (χ3v) is 2.74. The molecule has 1 aliphatic rings. The molecule has 13 heavy (non-hydrogen) atoms. The van der Waals surface area contributed by atoms with Gasteiger partial charge < -0.3 is 5.73 Å². The molecule has 0 unspecified atom stereocenters. The highest BCUT2D eigenvalue weighted by Gasteiger charge is 2.38. The number of aromatic amines is 1. The number of hydrogen-bond donors (Lipinski definition) is 2. The largest absolute Gasteiger partial charge is 0.319 e. The van der Waals surface area contributed by atoms with Gasteiger partial charge in [-0.05, 0) is 19.3 Å². The molecular weight excluding hydrogens is 164 g/mol. The Morgan fingerprint density at radius 3 is 2.54 bits per heavy atom. The highest BCUT2D eigenvalue weighted by Crippen LogP contribution is 2.36. The number of rotatable bonds is 2. The highest BCUT2D eigenvalue weighted by molar-refractivity contribution is 5.10. The molecule has 2 rings (SSSR count). The van der Waals surface area contributed by atoms with E-state index in [0.29, 0.717) is 5.92 Å². The number of nitrogens with zero attached hydrogens (tertiary/aromatic N) is 2. The highest BCUT2D eigenvalue weighted by atomic mass is 15.2. The SMILES string of the molecule is CC(C)c1nc(C2(N)CCC2)n[nH]1. The Labute approximate surface area is 77.9 Å². The van der Waals surface area contributed by atoms with Crippen molar-refractivity contribution in [2.75, 3.05) is 0 Å². The van der Waals surface area contributed by atoms with Crippen molar-refractivity contribution in [3.63, 3.8) is 0 Å². The molecule has 0 bridgehead atoms. The molecule has 0 radical (unpaired) electrons. The quantitative estimate of drug-likeness (QED) is 0.720. The lowest BCUT2D eigenvalue weighted by Crippen LogP contribution is -2.44. The Balaban J connectivity index is 2.22. The molecule has 1 aromatic rings. The molecule has 1 saturated carbocycles. The Morgan fingerprint density at radius 1 is 1.46 bits per heavy atom. The number of aromatic nitrogens is 3. The van der Waals surface area contributed by atoms with Gasteiger partial charge in [0.15, 0.2) is 5.82 Å². The van der Waals surface area contributed by atoms with E-state index >= 15 is 0 Å². The van der Waals surface area contributed by atoms with E-state index in [1.54, 1.807) is 0 Å². The first-order chi connectivity index (χ1) is 6.12. The van der Waals surface area contributed by atoms with Crippen LogP contribution in [0.5, 0.6) is 0 Å². The minimum absolute atomic E-state index is 0.232. The number of H-pyrrole nitrogens is 1. The van der Waals surface area contributed by atoms with Crippen molar-refractivity contribution < 1.29 is 0 Å².